The van der Waals surface area contributed by atoms with Gasteiger partial charge in [-0.25, -0.2) is 9.78 Å². The standard InChI is InChI=1S/C19H21N3O4/c1-13-11-22(12-16(26-13)19(24)25)18(23)14-8-9-17(20-10-14)21(2)15-6-4-3-5-7-15/h3-10,13,16H,11-12H2,1-2H3,(H,24,25)/t13-,16?/m1/s1. The molecule has 1 amide bonds. The third kappa shape index (κ3) is 3.83. The number of carbonyl (C=O) groups is 2. The van der Waals surface area contributed by atoms with Crippen LogP contribution in [0, 0.1) is 0 Å². The largest absolute Gasteiger partial charge is 0.479 e. The zero-order chi connectivity index (χ0) is 18.7. The molecule has 0 spiro atoms. The molecule has 0 aliphatic carbocycles. The van der Waals surface area contributed by atoms with E-state index < -0.39 is 12.1 Å². The highest BCUT2D eigenvalue weighted by Gasteiger charge is 2.33. The lowest BCUT2D eigenvalue weighted by Gasteiger charge is -2.34. The SMILES string of the molecule is C[C@@H]1CN(C(=O)c2ccc(N(C)c3ccccc3)nc2)CC(C(=O)O)O1. The van der Waals surface area contributed by atoms with E-state index in [1.807, 2.05) is 42.3 Å². The Morgan fingerprint density at radius 3 is 2.54 bits per heavy atom. The minimum Gasteiger partial charge on any atom is -0.479 e. The molecule has 1 aliphatic heterocycles. The molecule has 1 aromatic carbocycles. The summed E-state index contributed by atoms with van der Waals surface area (Å²) in [6.07, 6.45) is 0.192. The molecule has 3 rings (SSSR count). The van der Waals surface area contributed by atoms with Crippen LogP contribution in [0.4, 0.5) is 11.5 Å². The number of morpholine rings is 1. The van der Waals surface area contributed by atoms with Crippen LogP contribution in [-0.4, -0.2) is 59.2 Å². The molecule has 7 nitrogen and oxygen atoms in total. The smallest absolute Gasteiger partial charge is 0.334 e. The van der Waals surface area contributed by atoms with Crippen LogP contribution >= 0.6 is 0 Å². The van der Waals surface area contributed by atoms with Crippen molar-refractivity contribution in [3.63, 3.8) is 0 Å². The van der Waals surface area contributed by atoms with E-state index in [9.17, 15) is 9.59 Å². The lowest BCUT2D eigenvalue weighted by molar-refractivity contribution is -0.160. The van der Waals surface area contributed by atoms with Crippen molar-refractivity contribution in [3.8, 4) is 0 Å². The number of carboxylic acids is 1. The normalized spacial score (nSPS) is 19.8. The van der Waals surface area contributed by atoms with Gasteiger partial charge in [0.15, 0.2) is 6.10 Å². The molecule has 0 radical (unpaired) electrons. The van der Waals surface area contributed by atoms with Gasteiger partial charge in [0, 0.05) is 25.5 Å². The van der Waals surface area contributed by atoms with Gasteiger partial charge in [-0.15, -0.1) is 0 Å². The number of anilines is 2. The topological polar surface area (TPSA) is 83.0 Å². The number of nitrogens with zero attached hydrogens (tertiary/aromatic N) is 3. The first-order valence-electron chi connectivity index (χ1n) is 8.38. The van der Waals surface area contributed by atoms with Gasteiger partial charge in [0.05, 0.1) is 18.2 Å². The number of hydrogen-bond acceptors (Lipinski definition) is 5. The molecule has 26 heavy (non-hydrogen) atoms. The molecule has 1 aliphatic rings. The average molecular weight is 355 g/mol. The third-order valence-corrected chi connectivity index (χ3v) is 4.30. The summed E-state index contributed by atoms with van der Waals surface area (Å²) >= 11 is 0. The number of carbonyl (C=O) groups excluding carboxylic acids is 1. The van der Waals surface area contributed by atoms with Crippen LogP contribution in [-0.2, 0) is 9.53 Å². The van der Waals surface area contributed by atoms with Crippen molar-refractivity contribution in [2.75, 3.05) is 25.0 Å². The molecule has 7 heteroatoms. The number of ether oxygens (including phenoxy) is 1. The van der Waals surface area contributed by atoms with Crippen molar-refractivity contribution in [2.24, 2.45) is 0 Å². The van der Waals surface area contributed by atoms with E-state index >= 15 is 0 Å². The molecule has 136 valence electrons. The Hall–Kier alpha value is -2.93. The summed E-state index contributed by atoms with van der Waals surface area (Å²) in [5.74, 6) is -0.591. The van der Waals surface area contributed by atoms with E-state index in [-0.39, 0.29) is 18.6 Å². The number of carboxylic acid groups (broad SMARTS) is 1. The summed E-state index contributed by atoms with van der Waals surface area (Å²) < 4.78 is 5.35. The Bertz CT molecular complexity index is 779. The fourth-order valence-corrected chi connectivity index (χ4v) is 2.93. The summed E-state index contributed by atoms with van der Waals surface area (Å²) in [6, 6.07) is 13.3. The second-order valence-corrected chi connectivity index (χ2v) is 6.28. The van der Waals surface area contributed by atoms with Crippen molar-refractivity contribution in [1.29, 1.82) is 0 Å². The van der Waals surface area contributed by atoms with Gasteiger partial charge in [0.25, 0.3) is 5.91 Å². The quantitative estimate of drug-likeness (QED) is 0.905. The fourth-order valence-electron chi connectivity index (χ4n) is 2.93. The Morgan fingerprint density at radius 1 is 1.19 bits per heavy atom. The van der Waals surface area contributed by atoms with E-state index in [0.717, 1.165) is 5.69 Å². The molecule has 2 heterocycles. The molecule has 1 N–H and O–H groups in total. The summed E-state index contributed by atoms with van der Waals surface area (Å²) in [6.45, 7) is 2.14. The van der Waals surface area contributed by atoms with Crippen LogP contribution < -0.4 is 4.90 Å². The maximum Gasteiger partial charge on any atom is 0.334 e. The van der Waals surface area contributed by atoms with E-state index in [0.29, 0.717) is 17.9 Å². The van der Waals surface area contributed by atoms with Gasteiger partial charge >= 0.3 is 5.97 Å². The molecule has 1 saturated heterocycles. The predicted octanol–water partition coefficient (Wildman–Crippen LogP) is 2.16. The minimum atomic E-state index is -1.06. The summed E-state index contributed by atoms with van der Waals surface area (Å²) in [5.41, 5.74) is 1.42. The van der Waals surface area contributed by atoms with Crippen LogP contribution in [0.1, 0.15) is 17.3 Å². The Labute approximate surface area is 151 Å². The van der Waals surface area contributed by atoms with Gasteiger partial charge in [0.2, 0.25) is 0 Å². The zero-order valence-electron chi connectivity index (χ0n) is 14.7. The number of pyridine rings is 1. The van der Waals surface area contributed by atoms with Gasteiger partial charge in [-0.05, 0) is 31.2 Å². The van der Waals surface area contributed by atoms with E-state index in [1.165, 1.54) is 11.1 Å². The molecule has 2 atom stereocenters. The molecular weight excluding hydrogens is 334 g/mol. The first kappa shape index (κ1) is 17.9. The Morgan fingerprint density at radius 2 is 1.92 bits per heavy atom. The van der Waals surface area contributed by atoms with Crippen LogP contribution in [0.3, 0.4) is 0 Å². The number of rotatable bonds is 4. The van der Waals surface area contributed by atoms with Gasteiger partial charge in [0.1, 0.15) is 5.82 Å². The lowest BCUT2D eigenvalue weighted by atomic mass is 10.1. The van der Waals surface area contributed by atoms with Gasteiger partial charge in [-0.3, -0.25) is 4.79 Å². The van der Waals surface area contributed by atoms with Crippen molar-refractivity contribution >= 4 is 23.4 Å². The molecule has 2 aromatic rings. The van der Waals surface area contributed by atoms with Gasteiger partial charge in [-0.2, -0.15) is 0 Å². The molecule has 1 fully saturated rings. The summed E-state index contributed by atoms with van der Waals surface area (Å²) in [5, 5.41) is 9.15. The number of aromatic nitrogens is 1. The first-order chi connectivity index (χ1) is 12.5. The second-order valence-electron chi connectivity index (χ2n) is 6.28. The number of amides is 1. The number of hydrogen-bond donors (Lipinski definition) is 1. The summed E-state index contributed by atoms with van der Waals surface area (Å²) in [4.78, 5) is 31.7. The average Bonchev–Trinajstić information content (AvgIpc) is 2.67. The van der Waals surface area contributed by atoms with Crippen LogP contribution in [0.5, 0.6) is 0 Å². The van der Waals surface area contributed by atoms with Crippen LogP contribution in [0.15, 0.2) is 48.7 Å². The highest BCUT2D eigenvalue weighted by Crippen LogP contribution is 2.22. The third-order valence-electron chi connectivity index (χ3n) is 4.30. The lowest BCUT2D eigenvalue weighted by Crippen LogP contribution is -2.51. The van der Waals surface area contributed by atoms with Crippen molar-refractivity contribution < 1.29 is 19.4 Å². The van der Waals surface area contributed by atoms with Crippen molar-refractivity contribution in [2.45, 2.75) is 19.1 Å². The maximum absolute atomic E-state index is 12.7. The first-order valence-corrected chi connectivity index (χ1v) is 8.38. The van der Waals surface area contributed by atoms with Crippen LogP contribution in [0.2, 0.25) is 0 Å². The number of benzene rings is 1. The number of aliphatic carboxylic acids is 1. The molecular formula is C19H21N3O4. The Balaban J connectivity index is 1.73. The molecule has 0 saturated carbocycles. The highest BCUT2D eigenvalue weighted by atomic mass is 16.5. The Kier molecular flexibility index (Phi) is 5.18. The highest BCUT2D eigenvalue weighted by molar-refractivity contribution is 5.94. The minimum absolute atomic E-state index is 0.0319. The van der Waals surface area contributed by atoms with E-state index in [4.69, 9.17) is 9.84 Å². The second kappa shape index (κ2) is 7.53. The van der Waals surface area contributed by atoms with Gasteiger partial charge in [-0.1, -0.05) is 18.2 Å². The fraction of sp³-hybridized carbons (Fsp3) is 0.316. The van der Waals surface area contributed by atoms with E-state index in [2.05, 4.69) is 4.98 Å². The van der Waals surface area contributed by atoms with E-state index in [1.54, 1.807) is 19.1 Å². The number of para-hydroxylation sites is 1. The summed E-state index contributed by atoms with van der Waals surface area (Å²) in [7, 11) is 1.90. The van der Waals surface area contributed by atoms with Gasteiger partial charge < -0.3 is 19.6 Å². The monoisotopic (exact) mass is 355 g/mol. The molecule has 0 bridgehead atoms. The van der Waals surface area contributed by atoms with Crippen LogP contribution in [0.25, 0.3) is 0 Å². The zero-order valence-corrected chi connectivity index (χ0v) is 14.7. The van der Waals surface area contributed by atoms with Crippen molar-refractivity contribution in [3.05, 3.63) is 54.2 Å². The molecule has 1 aromatic heterocycles. The maximum atomic E-state index is 12.7. The molecule has 1 unspecified atom stereocenters. The van der Waals surface area contributed by atoms with Crippen molar-refractivity contribution in [1.82, 2.24) is 9.88 Å². The predicted molar refractivity (Wildman–Crippen MR) is 96.6 cm³/mol.